The molecule has 16 N–H and O–H groups in total. The third-order valence-electron chi connectivity index (χ3n) is 7.29. The van der Waals surface area contributed by atoms with Gasteiger partial charge in [-0.25, -0.2) is 4.79 Å². The van der Waals surface area contributed by atoms with E-state index >= 15 is 0 Å². The minimum atomic E-state index is -1.62. The van der Waals surface area contributed by atoms with Crippen LogP contribution >= 0.6 is 0 Å². The maximum atomic E-state index is 13.4. The molecule has 0 saturated heterocycles. The van der Waals surface area contributed by atoms with E-state index in [2.05, 4.69) is 36.9 Å². The Kier molecular flexibility index (Phi) is 20.9. The number of aliphatic imine (C=N–C) groups is 1. The summed E-state index contributed by atoms with van der Waals surface area (Å²) in [5.74, 6) is -7.60. The van der Waals surface area contributed by atoms with Gasteiger partial charge < -0.3 is 69.5 Å². The fourth-order valence-electron chi connectivity index (χ4n) is 4.38. The van der Waals surface area contributed by atoms with Gasteiger partial charge in [0.05, 0.1) is 25.4 Å². The first kappa shape index (κ1) is 46.4. The van der Waals surface area contributed by atoms with E-state index in [-0.39, 0.29) is 37.7 Å². The number of nitrogens with zero attached hydrogens (tertiary/aromatic N) is 1. The number of hydrogen-bond donors (Lipinski definition) is 13. The van der Waals surface area contributed by atoms with Crippen molar-refractivity contribution in [2.24, 2.45) is 34.0 Å². The molecule has 292 valence electrons. The normalized spacial score (nSPS) is 15.8. The smallest absolute Gasteiger partial charge is 0.326 e. The van der Waals surface area contributed by atoms with Gasteiger partial charge in [0, 0.05) is 6.54 Å². The van der Waals surface area contributed by atoms with Gasteiger partial charge in [-0.2, -0.15) is 0 Å². The number of carboxylic acids is 1. The molecule has 0 radical (unpaired) electrons. The summed E-state index contributed by atoms with van der Waals surface area (Å²) in [5, 5.41) is 52.8. The van der Waals surface area contributed by atoms with Gasteiger partial charge >= 0.3 is 5.97 Å². The van der Waals surface area contributed by atoms with Gasteiger partial charge in [-0.1, -0.05) is 27.7 Å². The van der Waals surface area contributed by atoms with Crippen molar-refractivity contribution in [3.63, 3.8) is 0 Å². The Morgan fingerprint density at radius 1 is 0.686 bits per heavy atom. The molecule has 0 spiro atoms. The molecule has 0 rings (SSSR count). The molecule has 0 aliphatic rings. The lowest BCUT2D eigenvalue weighted by Crippen LogP contribution is -2.61. The van der Waals surface area contributed by atoms with Gasteiger partial charge in [-0.3, -0.25) is 33.8 Å². The molecule has 0 unspecified atom stereocenters. The number of carbonyl (C=O) groups is 7. The first-order chi connectivity index (χ1) is 23.6. The first-order valence-electron chi connectivity index (χ1n) is 16.4. The highest BCUT2D eigenvalue weighted by Gasteiger charge is 2.34. The van der Waals surface area contributed by atoms with Crippen molar-refractivity contribution >= 4 is 47.4 Å². The zero-order valence-electron chi connectivity index (χ0n) is 29.8. The van der Waals surface area contributed by atoms with Gasteiger partial charge in [0.1, 0.15) is 36.3 Å². The molecular weight excluding hydrogens is 676 g/mol. The molecule has 0 fully saturated rings. The number of aliphatic hydroxyl groups is 3. The summed E-state index contributed by atoms with van der Waals surface area (Å²) in [4.78, 5) is 92.5. The number of carboxylic acid groups (broad SMARTS) is 1. The van der Waals surface area contributed by atoms with Crippen LogP contribution in [-0.2, 0) is 33.6 Å². The number of carbonyl (C=O) groups excluding carboxylic acids is 6. The van der Waals surface area contributed by atoms with Crippen molar-refractivity contribution in [1.29, 1.82) is 0 Å². The number of hydrogen-bond acceptors (Lipinski definition) is 12. The van der Waals surface area contributed by atoms with Crippen LogP contribution in [0.4, 0.5) is 0 Å². The number of nitrogens with two attached hydrogens (primary N) is 3. The fraction of sp³-hybridized carbons (Fsp3) is 0.733. The van der Waals surface area contributed by atoms with Crippen LogP contribution in [-0.4, -0.2) is 136 Å². The monoisotopic (exact) mass is 732 g/mol. The summed E-state index contributed by atoms with van der Waals surface area (Å²) in [6.07, 6.45) is -2.44. The third kappa shape index (κ3) is 17.8. The van der Waals surface area contributed by atoms with Crippen LogP contribution in [0, 0.1) is 11.8 Å². The summed E-state index contributed by atoms with van der Waals surface area (Å²) < 4.78 is 0. The number of nitrogens with one attached hydrogen (secondary N) is 6. The summed E-state index contributed by atoms with van der Waals surface area (Å²) in [6, 6.07) is -8.31. The highest BCUT2D eigenvalue weighted by atomic mass is 16.4. The minimum absolute atomic E-state index is 0.00394. The summed E-state index contributed by atoms with van der Waals surface area (Å²) in [7, 11) is 0. The highest BCUT2D eigenvalue weighted by Crippen LogP contribution is 2.10. The van der Waals surface area contributed by atoms with Crippen molar-refractivity contribution in [3.8, 4) is 0 Å². The second-order valence-corrected chi connectivity index (χ2v) is 12.8. The van der Waals surface area contributed by atoms with Crippen molar-refractivity contribution in [3.05, 3.63) is 0 Å². The van der Waals surface area contributed by atoms with Crippen LogP contribution in [0.25, 0.3) is 0 Å². The molecule has 8 atom stereocenters. The van der Waals surface area contributed by atoms with Gasteiger partial charge in [0.25, 0.3) is 0 Å². The molecule has 6 amide bonds. The first-order valence-corrected chi connectivity index (χ1v) is 16.4. The number of guanidine groups is 1. The van der Waals surface area contributed by atoms with E-state index in [1.54, 1.807) is 27.7 Å². The molecule has 21 nitrogen and oxygen atoms in total. The molecule has 0 saturated carbocycles. The van der Waals surface area contributed by atoms with Gasteiger partial charge in [-0.15, -0.1) is 0 Å². The van der Waals surface area contributed by atoms with E-state index in [0.717, 1.165) is 0 Å². The molecule has 0 heterocycles. The standard InChI is InChI=1S/C30H56N10O11/c1-13(2)10-18(25(46)40-22(14(3)4)27(48)36-17(29(50)51)8-7-9-34-30(32)33)37-28(49)23(16(6)43)39-20(44)11-35-24(45)19(12-41)38-26(47)21(31)15(5)42/h13-19,21-23,41-43H,7-12,31H2,1-6H3,(H,35,45)(H,36,48)(H,37,49)(H,38,47)(H,39,44)(H,40,46)(H,50,51)(H4,32,33,34)/t15-,16-,17+,18+,19+,21+,22+,23+/m1/s1. The molecule has 0 bridgehead atoms. The van der Waals surface area contributed by atoms with Gasteiger partial charge in [0.2, 0.25) is 35.4 Å². The summed E-state index contributed by atoms with van der Waals surface area (Å²) in [5.41, 5.74) is 16.0. The van der Waals surface area contributed by atoms with E-state index in [1.165, 1.54) is 13.8 Å². The Balaban J connectivity index is 5.65. The Labute approximate surface area is 296 Å². The van der Waals surface area contributed by atoms with Crippen LogP contribution in [0.1, 0.15) is 60.8 Å². The minimum Gasteiger partial charge on any atom is -0.480 e. The Morgan fingerprint density at radius 2 is 1.24 bits per heavy atom. The Morgan fingerprint density at radius 3 is 1.71 bits per heavy atom. The molecule has 51 heavy (non-hydrogen) atoms. The van der Waals surface area contributed by atoms with Gasteiger partial charge in [0.15, 0.2) is 5.96 Å². The predicted octanol–water partition coefficient (Wildman–Crippen LogP) is -5.55. The van der Waals surface area contributed by atoms with Crippen LogP contribution in [0.5, 0.6) is 0 Å². The maximum absolute atomic E-state index is 13.4. The lowest BCUT2D eigenvalue weighted by atomic mass is 9.99. The lowest BCUT2D eigenvalue weighted by Gasteiger charge is -2.28. The molecule has 0 aliphatic heterocycles. The average Bonchev–Trinajstić information content (AvgIpc) is 3.03. The molecular formula is C30H56N10O11. The van der Waals surface area contributed by atoms with Crippen molar-refractivity contribution in [2.75, 3.05) is 19.7 Å². The number of amides is 6. The molecule has 0 aromatic rings. The number of aliphatic carboxylic acids is 1. The van der Waals surface area contributed by atoms with Crippen LogP contribution < -0.4 is 49.1 Å². The average molecular weight is 733 g/mol. The number of aliphatic hydroxyl groups excluding tert-OH is 3. The third-order valence-corrected chi connectivity index (χ3v) is 7.29. The second kappa shape index (κ2) is 23.0. The van der Waals surface area contributed by atoms with Crippen molar-refractivity contribution < 1.29 is 54.0 Å². The fourth-order valence-corrected chi connectivity index (χ4v) is 4.38. The Bertz CT molecular complexity index is 1230. The Hall–Kier alpha value is -4.60. The SMILES string of the molecule is CC(C)C[C@H](NC(=O)[C@@H](NC(=O)CNC(=O)[C@H](CO)NC(=O)[C@@H](N)[C@@H](C)O)[C@@H](C)O)C(=O)N[C@H](C(=O)N[C@@H](CCCN=C(N)N)C(=O)O)C(C)C. The van der Waals surface area contributed by atoms with Crippen LogP contribution in [0.15, 0.2) is 4.99 Å². The topological polar surface area (TPSA) is 363 Å². The van der Waals surface area contributed by atoms with Crippen LogP contribution in [0.2, 0.25) is 0 Å². The number of rotatable bonds is 23. The molecule has 21 heteroatoms. The highest BCUT2D eigenvalue weighted by molar-refractivity contribution is 5.96. The zero-order valence-corrected chi connectivity index (χ0v) is 29.8. The van der Waals surface area contributed by atoms with E-state index < -0.39 is 109 Å². The van der Waals surface area contributed by atoms with E-state index in [1.807, 2.05) is 0 Å². The molecule has 0 aliphatic carbocycles. The van der Waals surface area contributed by atoms with Crippen LogP contribution in [0.3, 0.4) is 0 Å². The zero-order chi connectivity index (χ0) is 39.6. The largest absolute Gasteiger partial charge is 0.480 e. The van der Waals surface area contributed by atoms with Gasteiger partial charge in [-0.05, 0) is 44.9 Å². The van der Waals surface area contributed by atoms with E-state index in [4.69, 9.17) is 17.2 Å². The van der Waals surface area contributed by atoms with E-state index in [0.29, 0.717) is 0 Å². The maximum Gasteiger partial charge on any atom is 0.326 e. The predicted molar refractivity (Wildman–Crippen MR) is 183 cm³/mol. The quantitative estimate of drug-likeness (QED) is 0.0265. The lowest BCUT2D eigenvalue weighted by molar-refractivity contribution is -0.143. The second-order valence-electron chi connectivity index (χ2n) is 12.8. The van der Waals surface area contributed by atoms with Crippen molar-refractivity contribution in [2.45, 2.75) is 109 Å². The van der Waals surface area contributed by atoms with E-state index in [9.17, 15) is 54.0 Å². The molecule has 0 aromatic heterocycles. The van der Waals surface area contributed by atoms with Crippen molar-refractivity contribution in [1.82, 2.24) is 31.9 Å². The summed E-state index contributed by atoms with van der Waals surface area (Å²) in [6.45, 7) is 7.71. The summed E-state index contributed by atoms with van der Waals surface area (Å²) >= 11 is 0. The molecule has 0 aromatic carbocycles.